The Morgan fingerprint density at radius 2 is 1.25 bits per heavy atom. The van der Waals surface area contributed by atoms with E-state index in [9.17, 15) is 18.3 Å². The Morgan fingerprint density at radius 3 is 1.73 bits per heavy atom. The van der Waals surface area contributed by atoms with E-state index in [-0.39, 0.29) is 19.6 Å². The van der Waals surface area contributed by atoms with Crippen LogP contribution in [0.4, 0.5) is 13.2 Å². The van der Waals surface area contributed by atoms with Gasteiger partial charge in [-0.1, -0.05) is 98.5 Å². The van der Waals surface area contributed by atoms with Crippen molar-refractivity contribution in [1.29, 1.82) is 0 Å². The van der Waals surface area contributed by atoms with Crippen LogP contribution in [0.1, 0.15) is 5.56 Å². The van der Waals surface area contributed by atoms with E-state index in [2.05, 4.69) is 12.1 Å². The molecule has 0 amide bonds. The Balaban J connectivity index is 1.80. The number of aromatic hydroxyl groups is 1. The van der Waals surface area contributed by atoms with Crippen molar-refractivity contribution in [2.45, 2.75) is 25.8 Å². The first-order chi connectivity index (χ1) is 20.9. The summed E-state index contributed by atoms with van der Waals surface area (Å²) in [6, 6.07) is 32.1. The van der Waals surface area contributed by atoms with Crippen molar-refractivity contribution in [3.8, 4) is 50.6 Å². The molecule has 0 heterocycles. The third-order valence-electron chi connectivity index (χ3n) is 7.55. The summed E-state index contributed by atoms with van der Waals surface area (Å²) in [6.07, 6.45) is -4.56. The van der Waals surface area contributed by atoms with E-state index in [1.165, 1.54) is 7.11 Å². The summed E-state index contributed by atoms with van der Waals surface area (Å²) in [4.78, 5) is 0. The van der Waals surface area contributed by atoms with Crippen molar-refractivity contribution in [2.24, 2.45) is 0 Å². The number of ether oxygens (including phenoxy) is 2. The van der Waals surface area contributed by atoms with Crippen LogP contribution in [0, 0.1) is 0 Å². The number of benzene rings is 5. The van der Waals surface area contributed by atoms with Crippen LogP contribution in [0.25, 0.3) is 33.4 Å². The van der Waals surface area contributed by atoms with Gasteiger partial charge in [0.25, 0.3) is 0 Å². The maximum atomic E-state index is 14.1. The standard InChI is InChI=1S/C36H34F3O3PSi/c1-41-29-20-19-28(32-26(23-13-8-6-9-14-23)17-12-18-27(32)24-15-10-7-11-16-24)34(42-2)35(29)43-30-21-25(36(37,38)39)22-31(33(30)40)44(3,4)5/h6-22,40,43H,1-5H3. The van der Waals surface area contributed by atoms with Gasteiger partial charge >= 0.3 is 6.18 Å². The number of phenols is 1. The minimum Gasteiger partial charge on any atom is -0.507 e. The molecule has 1 atom stereocenters. The van der Waals surface area contributed by atoms with Gasteiger partial charge in [0.2, 0.25) is 0 Å². The Labute approximate surface area is 259 Å². The van der Waals surface area contributed by atoms with Crippen LogP contribution in [0.15, 0.2) is 103 Å². The fourth-order valence-electron chi connectivity index (χ4n) is 5.42. The average molecular weight is 631 g/mol. The molecule has 5 rings (SSSR count). The van der Waals surface area contributed by atoms with Crippen LogP contribution in [-0.2, 0) is 6.18 Å². The van der Waals surface area contributed by atoms with Gasteiger partial charge in [-0.25, -0.2) is 0 Å². The second-order valence-electron chi connectivity index (χ2n) is 11.5. The van der Waals surface area contributed by atoms with E-state index >= 15 is 0 Å². The van der Waals surface area contributed by atoms with Crippen LogP contribution in [0.2, 0.25) is 19.6 Å². The molecule has 0 aliphatic carbocycles. The summed E-state index contributed by atoms with van der Waals surface area (Å²) in [5.74, 6) is 0.850. The van der Waals surface area contributed by atoms with Gasteiger partial charge in [-0.05, 0) is 60.3 Å². The molecule has 0 spiro atoms. The van der Waals surface area contributed by atoms with Crippen LogP contribution >= 0.6 is 8.58 Å². The molecule has 0 aliphatic heterocycles. The Morgan fingerprint density at radius 1 is 0.682 bits per heavy atom. The number of halogens is 3. The zero-order valence-corrected chi connectivity index (χ0v) is 27.2. The monoisotopic (exact) mass is 630 g/mol. The van der Waals surface area contributed by atoms with Gasteiger partial charge in [0.1, 0.15) is 17.2 Å². The largest absolute Gasteiger partial charge is 0.507 e. The van der Waals surface area contributed by atoms with E-state index in [1.54, 1.807) is 7.11 Å². The van der Waals surface area contributed by atoms with Crippen molar-refractivity contribution in [3.05, 3.63) is 109 Å². The average Bonchev–Trinajstić information content (AvgIpc) is 3.01. The number of rotatable bonds is 8. The number of methoxy groups -OCH3 is 2. The number of hydrogen-bond acceptors (Lipinski definition) is 3. The molecule has 0 bridgehead atoms. The van der Waals surface area contributed by atoms with Crippen LogP contribution in [0.3, 0.4) is 0 Å². The number of alkyl halides is 3. The molecular weight excluding hydrogens is 596 g/mol. The summed E-state index contributed by atoms with van der Waals surface area (Å²) in [6.45, 7) is 5.76. The Bertz CT molecular complexity index is 1730. The SMILES string of the molecule is COc1ccc(-c2c(-c3ccccc3)cccc2-c2ccccc2)c(OC)c1Pc1cc(C(F)(F)F)cc([Si](C)(C)C)c1O. The second-order valence-corrected chi connectivity index (χ2v) is 17.8. The van der Waals surface area contributed by atoms with Crippen molar-refractivity contribution < 1.29 is 27.8 Å². The predicted octanol–water partition coefficient (Wildman–Crippen LogP) is 8.60. The van der Waals surface area contributed by atoms with Crippen molar-refractivity contribution in [3.63, 3.8) is 0 Å². The Hall–Kier alpha value is -4.06. The molecule has 0 fully saturated rings. The lowest BCUT2D eigenvalue weighted by Gasteiger charge is -2.24. The van der Waals surface area contributed by atoms with Crippen molar-refractivity contribution in [1.82, 2.24) is 0 Å². The summed E-state index contributed by atoms with van der Waals surface area (Å²) < 4.78 is 54.1. The van der Waals surface area contributed by atoms with Gasteiger partial charge in [0, 0.05) is 16.4 Å². The molecule has 3 nitrogen and oxygen atoms in total. The fraction of sp³-hybridized carbons (Fsp3) is 0.167. The van der Waals surface area contributed by atoms with Crippen LogP contribution in [-0.4, -0.2) is 27.4 Å². The van der Waals surface area contributed by atoms with Crippen LogP contribution < -0.4 is 25.3 Å². The highest BCUT2D eigenvalue weighted by Gasteiger charge is 2.35. The van der Waals surface area contributed by atoms with Gasteiger partial charge in [-0.15, -0.1) is 0 Å². The lowest BCUT2D eigenvalue weighted by Crippen LogP contribution is -2.40. The van der Waals surface area contributed by atoms with Gasteiger partial charge in [0.15, 0.2) is 0 Å². The van der Waals surface area contributed by atoms with Gasteiger partial charge in [0.05, 0.1) is 33.2 Å². The second kappa shape index (κ2) is 12.5. The zero-order valence-electron chi connectivity index (χ0n) is 25.2. The quantitative estimate of drug-likeness (QED) is 0.138. The molecule has 0 radical (unpaired) electrons. The molecule has 5 aromatic carbocycles. The smallest absolute Gasteiger partial charge is 0.416 e. The topological polar surface area (TPSA) is 38.7 Å². The molecule has 0 aromatic heterocycles. The number of phenolic OH excluding ortho intramolecular Hbond substituents is 1. The molecule has 226 valence electrons. The summed E-state index contributed by atoms with van der Waals surface area (Å²) in [7, 11) is 0.364. The third-order valence-corrected chi connectivity index (χ3v) is 10.9. The molecule has 1 N–H and O–H groups in total. The van der Waals surface area contributed by atoms with Gasteiger partial charge in [-0.3, -0.25) is 0 Å². The van der Waals surface area contributed by atoms with E-state index in [0.717, 1.165) is 45.5 Å². The van der Waals surface area contributed by atoms with Crippen molar-refractivity contribution >= 4 is 32.5 Å². The van der Waals surface area contributed by atoms with Crippen LogP contribution in [0.5, 0.6) is 17.2 Å². The molecule has 1 unspecified atom stereocenters. The molecule has 5 aromatic rings. The Kier molecular flexibility index (Phi) is 8.92. The highest BCUT2D eigenvalue weighted by Crippen LogP contribution is 2.46. The zero-order chi connectivity index (χ0) is 31.6. The van der Waals surface area contributed by atoms with E-state index < -0.39 is 19.8 Å². The highest BCUT2D eigenvalue weighted by molar-refractivity contribution is 7.56. The summed E-state index contributed by atoms with van der Waals surface area (Å²) in [5, 5.41) is 12.5. The summed E-state index contributed by atoms with van der Waals surface area (Å²) in [5.41, 5.74) is 4.90. The van der Waals surface area contributed by atoms with Gasteiger partial charge < -0.3 is 14.6 Å². The first kappa shape index (κ1) is 31.4. The highest BCUT2D eigenvalue weighted by atomic mass is 31.1. The summed E-state index contributed by atoms with van der Waals surface area (Å²) >= 11 is 0. The first-order valence-corrected chi connectivity index (χ1v) is 18.6. The maximum absolute atomic E-state index is 14.1. The normalized spacial score (nSPS) is 12.1. The minimum absolute atomic E-state index is 0.0975. The molecular formula is C36H34F3O3PSi. The molecule has 44 heavy (non-hydrogen) atoms. The van der Waals surface area contributed by atoms with Gasteiger partial charge in [-0.2, -0.15) is 13.2 Å². The number of hydrogen-bond donors (Lipinski definition) is 1. The molecule has 0 saturated carbocycles. The lowest BCUT2D eigenvalue weighted by molar-refractivity contribution is -0.137. The van der Waals surface area contributed by atoms with E-state index in [4.69, 9.17) is 9.47 Å². The lowest BCUT2D eigenvalue weighted by atomic mass is 9.87. The maximum Gasteiger partial charge on any atom is 0.416 e. The van der Waals surface area contributed by atoms with E-state index in [0.29, 0.717) is 22.0 Å². The fourth-order valence-corrected chi connectivity index (χ4v) is 8.39. The first-order valence-electron chi connectivity index (χ1n) is 14.1. The molecule has 8 heteroatoms. The van der Waals surface area contributed by atoms with E-state index in [1.807, 2.05) is 98.5 Å². The third kappa shape index (κ3) is 6.26. The molecule has 0 saturated heterocycles. The minimum atomic E-state index is -4.56. The molecule has 0 aliphatic rings. The van der Waals surface area contributed by atoms with Crippen molar-refractivity contribution in [2.75, 3.05) is 14.2 Å². The predicted molar refractivity (Wildman–Crippen MR) is 180 cm³/mol.